The van der Waals surface area contributed by atoms with Crippen LogP contribution in [0.15, 0.2) is 42.5 Å². The van der Waals surface area contributed by atoms with Crippen LogP contribution in [0.1, 0.15) is 34.5 Å². The number of benzene rings is 2. The first kappa shape index (κ1) is 14.2. The summed E-state index contributed by atoms with van der Waals surface area (Å²) < 4.78 is 26.1. The maximum absolute atomic E-state index is 13.1. The number of hydrogen-bond donors (Lipinski definition) is 1. The lowest BCUT2D eigenvalue weighted by atomic mass is 10.1. The predicted octanol–water partition coefficient (Wildman–Crippen LogP) is 3.76. The topological polar surface area (TPSA) is 29.1 Å². The first-order valence-corrected chi connectivity index (χ1v) is 6.29. The van der Waals surface area contributed by atoms with E-state index in [-0.39, 0.29) is 11.6 Å². The molecule has 0 aromatic heterocycles. The molecule has 0 bridgehead atoms. The molecule has 1 amide bonds. The van der Waals surface area contributed by atoms with Gasteiger partial charge < -0.3 is 5.32 Å². The average Bonchev–Trinajstić information content (AvgIpc) is 2.38. The highest BCUT2D eigenvalue weighted by Crippen LogP contribution is 2.15. The number of halogens is 2. The standard InChI is InChI=1S/C16H15F2NO/c1-10-3-5-12(6-4-10)11(2)19-16(20)13-7-14(17)9-15(18)8-13/h3-9,11H,1-2H3,(H,19,20). The van der Waals surface area contributed by atoms with Crippen LogP contribution in [0.2, 0.25) is 0 Å². The van der Waals surface area contributed by atoms with Gasteiger partial charge in [-0.05, 0) is 31.5 Å². The van der Waals surface area contributed by atoms with Gasteiger partial charge in [0, 0.05) is 11.6 Å². The average molecular weight is 275 g/mol. The fourth-order valence-corrected chi connectivity index (χ4v) is 1.90. The second-order valence-corrected chi connectivity index (χ2v) is 4.76. The molecule has 0 aliphatic rings. The van der Waals surface area contributed by atoms with Gasteiger partial charge in [-0.3, -0.25) is 4.79 Å². The molecule has 0 heterocycles. The van der Waals surface area contributed by atoms with E-state index < -0.39 is 17.5 Å². The number of rotatable bonds is 3. The van der Waals surface area contributed by atoms with Crippen molar-refractivity contribution in [3.63, 3.8) is 0 Å². The van der Waals surface area contributed by atoms with Crippen LogP contribution < -0.4 is 5.32 Å². The van der Waals surface area contributed by atoms with Gasteiger partial charge >= 0.3 is 0 Å². The highest BCUT2D eigenvalue weighted by molar-refractivity contribution is 5.94. The van der Waals surface area contributed by atoms with Crippen molar-refractivity contribution in [2.24, 2.45) is 0 Å². The molecule has 2 rings (SSSR count). The highest BCUT2D eigenvalue weighted by Gasteiger charge is 2.13. The molecule has 0 saturated carbocycles. The van der Waals surface area contributed by atoms with Gasteiger partial charge in [-0.2, -0.15) is 0 Å². The Labute approximate surface area is 116 Å². The molecular weight excluding hydrogens is 260 g/mol. The summed E-state index contributed by atoms with van der Waals surface area (Å²) >= 11 is 0. The van der Waals surface area contributed by atoms with Gasteiger partial charge in [-0.1, -0.05) is 29.8 Å². The van der Waals surface area contributed by atoms with E-state index in [0.29, 0.717) is 0 Å². The van der Waals surface area contributed by atoms with Crippen LogP contribution in [0.4, 0.5) is 8.78 Å². The third kappa shape index (κ3) is 3.41. The molecule has 0 aliphatic carbocycles. The summed E-state index contributed by atoms with van der Waals surface area (Å²) in [6.07, 6.45) is 0. The molecule has 0 fully saturated rings. The van der Waals surface area contributed by atoms with E-state index in [4.69, 9.17) is 0 Å². The summed E-state index contributed by atoms with van der Waals surface area (Å²) in [4.78, 5) is 12.0. The van der Waals surface area contributed by atoms with Crippen molar-refractivity contribution >= 4 is 5.91 Å². The zero-order chi connectivity index (χ0) is 14.7. The lowest BCUT2D eigenvalue weighted by Gasteiger charge is -2.14. The van der Waals surface area contributed by atoms with Gasteiger partial charge in [0.2, 0.25) is 0 Å². The van der Waals surface area contributed by atoms with Crippen molar-refractivity contribution in [1.29, 1.82) is 0 Å². The predicted molar refractivity (Wildman–Crippen MR) is 73.4 cm³/mol. The zero-order valence-electron chi connectivity index (χ0n) is 11.3. The maximum Gasteiger partial charge on any atom is 0.251 e. The molecule has 0 saturated heterocycles. The van der Waals surface area contributed by atoms with Crippen LogP contribution in [0, 0.1) is 18.6 Å². The summed E-state index contributed by atoms with van der Waals surface area (Å²) in [6.45, 7) is 3.79. The molecule has 0 spiro atoms. The largest absolute Gasteiger partial charge is 0.346 e. The lowest BCUT2D eigenvalue weighted by Crippen LogP contribution is -2.26. The Morgan fingerprint density at radius 2 is 1.60 bits per heavy atom. The minimum absolute atomic E-state index is 0.0264. The molecule has 1 unspecified atom stereocenters. The van der Waals surface area contributed by atoms with E-state index in [2.05, 4.69) is 5.32 Å². The Hall–Kier alpha value is -2.23. The SMILES string of the molecule is Cc1ccc(C(C)NC(=O)c2cc(F)cc(F)c2)cc1. The molecular formula is C16H15F2NO. The molecule has 4 heteroatoms. The van der Waals surface area contributed by atoms with Crippen LogP contribution in [-0.2, 0) is 0 Å². The molecule has 2 aromatic rings. The Balaban J connectivity index is 2.12. The van der Waals surface area contributed by atoms with E-state index in [0.717, 1.165) is 29.3 Å². The van der Waals surface area contributed by atoms with E-state index in [9.17, 15) is 13.6 Å². The third-order valence-corrected chi connectivity index (χ3v) is 3.05. The Bertz CT molecular complexity index is 603. The van der Waals surface area contributed by atoms with Gasteiger partial charge in [-0.25, -0.2) is 8.78 Å². The normalized spacial score (nSPS) is 12.0. The van der Waals surface area contributed by atoms with Crippen molar-refractivity contribution in [3.8, 4) is 0 Å². The number of aryl methyl sites for hydroxylation is 1. The van der Waals surface area contributed by atoms with E-state index in [1.54, 1.807) is 0 Å². The van der Waals surface area contributed by atoms with Crippen LogP contribution >= 0.6 is 0 Å². The Morgan fingerprint density at radius 1 is 1.05 bits per heavy atom. The quantitative estimate of drug-likeness (QED) is 0.907. The zero-order valence-corrected chi connectivity index (χ0v) is 11.3. The van der Waals surface area contributed by atoms with Gasteiger partial charge in [-0.15, -0.1) is 0 Å². The maximum atomic E-state index is 13.1. The summed E-state index contributed by atoms with van der Waals surface area (Å²) in [7, 11) is 0. The number of carbonyl (C=O) groups excluding carboxylic acids is 1. The van der Waals surface area contributed by atoms with Crippen LogP contribution in [0.25, 0.3) is 0 Å². The number of nitrogens with one attached hydrogen (secondary N) is 1. The van der Waals surface area contributed by atoms with Gasteiger partial charge in [0.25, 0.3) is 5.91 Å². The molecule has 1 atom stereocenters. The summed E-state index contributed by atoms with van der Waals surface area (Å²) in [5, 5.41) is 2.71. The second kappa shape index (κ2) is 5.82. The second-order valence-electron chi connectivity index (χ2n) is 4.76. The monoisotopic (exact) mass is 275 g/mol. The van der Waals surface area contributed by atoms with Crippen molar-refractivity contribution in [2.45, 2.75) is 19.9 Å². The third-order valence-electron chi connectivity index (χ3n) is 3.05. The molecule has 2 aromatic carbocycles. The molecule has 0 aliphatic heterocycles. The fraction of sp³-hybridized carbons (Fsp3) is 0.188. The highest BCUT2D eigenvalue weighted by atomic mass is 19.1. The van der Waals surface area contributed by atoms with Gasteiger partial charge in [0.15, 0.2) is 0 Å². The lowest BCUT2D eigenvalue weighted by molar-refractivity contribution is 0.0939. The molecule has 20 heavy (non-hydrogen) atoms. The first-order valence-electron chi connectivity index (χ1n) is 6.29. The summed E-state index contributed by atoms with van der Waals surface area (Å²) in [6, 6.07) is 10.2. The first-order chi connectivity index (χ1) is 9.45. The van der Waals surface area contributed by atoms with Crippen LogP contribution in [0.5, 0.6) is 0 Å². The van der Waals surface area contributed by atoms with Gasteiger partial charge in [0.05, 0.1) is 6.04 Å². The fourth-order valence-electron chi connectivity index (χ4n) is 1.90. The smallest absolute Gasteiger partial charge is 0.251 e. The van der Waals surface area contributed by atoms with Crippen molar-refractivity contribution < 1.29 is 13.6 Å². The Morgan fingerprint density at radius 3 is 2.15 bits per heavy atom. The number of amides is 1. The number of hydrogen-bond acceptors (Lipinski definition) is 1. The van der Waals surface area contributed by atoms with Crippen molar-refractivity contribution in [3.05, 3.63) is 70.8 Å². The van der Waals surface area contributed by atoms with Crippen molar-refractivity contribution in [2.75, 3.05) is 0 Å². The van der Waals surface area contributed by atoms with E-state index in [1.165, 1.54) is 0 Å². The molecule has 1 N–H and O–H groups in total. The minimum atomic E-state index is -0.766. The van der Waals surface area contributed by atoms with E-state index >= 15 is 0 Å². The van der Waals surface area contributed by atoms with Crippen molar-refractivity contribution in [1.82, 2.24) is 5.32 Å². The summed E-state index contributed by atoms with van der Waals surface area (Å²) in [5.41, 5.74) is 2.03. The van der Waals surface area contributed by atoms with E-state index in [1.807, 2.05) is 38.1 Å². The Kier molecular flexibility index (Phi) is 4.13. The minimum Gasteiger partial charge on any atom is -0.346 e. The molecule has 2 nitrogen and oxygen atoms in total. The number of carbonyl (C=O) groups is 1. The van der Waals surface area contributed by atoms with Gasteiger partial charge in [0.1, 0.15) is 11.6 Å². The van der Waals surface area contributed by atoms with Crippen LogP contribution in [-0.4, -0.2) is 5.91 Å². The molecule has 104 valence electrons. The summed E-state index contributed by atoms with van der Waals surface area (Å²) in [5.74, 6) is -2.03. The van der Waals surface area contributed by atoms with Crippen LogP contribution in [0.3, 0.4) is 0 Å². The molecule has 0 radical (unpaired) electrons.